The van der Waals surface area contributed by atoms with Crippen molar-refractivity contribution in [1.82, 2.24) is 3.97 Å². The molecule has 2 rings (SSSR count). The summed E-state index contributed by atoms with van der Waals surface area (Å²) in [4.78, 5) is 0. The third-order valence-corrected chi connectivity index (χ3v) is 3.30. The predicted octanol–water partition coefficient (Wildman–Crippen LogP) is 1.36. The average molecular weight is 264 g/mol. The van der Waals surface area contributed by atoms with Crippen molar-refractivity contribution in [3.05, 3.63) is 23.4 Å². The van der Waals surface area contributed by atoms with Crippen LogP contribution in [0.4, 0.5) is 0 Å². The summed E-state index contributed by atoms with van der Waals surface area (Å²) in [5.41, 5.74) is -0.0252. The molecule has 0 radical (unpaired) electrons. The molecule has 0 spiro atoms. The maximum atomic E-state index is 10.9. The van der Waals surface area contributed by atoms with Gasteiger partial charge in [-0.3, -0.25) is 4.55 Å². The number of phenols is 2. The van der Waals surface area contributed by atoms with E-state index in [4.69, 9.17) is 16.2 Å². The lowest BCUT2D eigenvalue weighted by Gasteiger charge is -2.04. The average Bonchev–Trinajstić information content (AvgIpc) is 2.57. The van der Waals surface area contributed by atoms with Gasteiger partial charge < -0.3 is 10.2 Å². The maximum absolute atomic E-state index is 10.9. The zero-order valence-corrected chi connectivity index (χ0v) is 9.20. The zero-order chi connectivity index (χ0) is 12.1. The second-order valence-electron chi connectivity index (χ2n) is 3.08. The molecule has 0 aliphatic rings. The van der Waals surface area contributed by atoms with E-state index in [9.17, 15) is 18.6 Å². The molecular weight excluding hydrogens is 258 g/mol. The van der Waals surface area contributed by atoms with Gasteiger partial charge in [0.2, 0.25) is 0 Å². The van der Waals surface area contributed by atoms with Crippen LogP contribution < -0.4 is 0 Å². The first-order chi connectivity index (χ1) is 7.32. The first-order valence-electron chi connectivity index (χ1n) is 4.02. The number of phenolic OH excluding ortho intramolecular Hbond substituents is 2. The van der Waals surface area contributed by atoms with Crippen LogP contribution in [0.3, 0.4) is 0 Å². The molecule has 8 heteroatoms. The van der Waals surface area contributed by atoms with Crippen molar-refractivity contribution < 1.29 is 23.2 Å². The van der Waals surface area contributed by atoms with Gasteiger partial charge in [0.25, 0.3) is 0 Å². The van der Waals surface area contributed by atoms with Crippen LogP contribution in [-0.2, 0) is 10.3 Å². The molecule has 86 valence electrons. The minimum Gasteiger partial charge on any atom is -0.504 e. The first-order valence-corrected chi connectivity index (χ1v) is 5.79. The lowest BCUT2D eigenvalue weighted by Crippen LogP contribution is -2.08. The lowest BCUT2D eigenvalue weighted by atomic mass is 10.2. The molecule has 1 aromatic carbocycles. The molecule has 0 aliphatic carbocycles. The fourth-order valence-electron chi connectivity index (χ4n) is 1.39. The highest BCUT2D eigenvalue weighted by Gasteiger charge is 2.17. The molecule has 0 saturated heterocycles. The number of aromatic nitrogens is 1. The van der Waals surface area contributed by atoms with Gasteiger partial charge in [0.15, 0.2) is 11.5 Å². The van der Waals surface area contributed by atoms with Crippen molar-refractivity contribution in [1.29, 1.82) is 0 Å². The van der Waals surface area contributed by atoms with E-state index in [2.05, 4.69) is 0 Å². The Labute approximate surface area is 95.2 Å². The lowest BCUT2D eigenvalue weighted by molar-refractivity contribution is 0.405. The second kappa shape index (κ2) is 3.27. The van der Waals surface area contributed by atoms with Gasteiger partial charge in [-0.15, -0.1) is 0 Å². The number of fused-ring (bicyclic) bond motifs is 1. The van der Waals surface area contributed by atoms with Crippen LogP contribution in [0.5, 0.6) is 11.5 Å². The molecule has 2 aromatic rings. The van der Waals surface area contributed by atoms with E-state index in [-0.39, 0.29) is 15.9 Å². The number of hydrogen-bond acceptors (Lipinski definition) is 4. The number of hydrogen-bond donors (Lipinski definition) is 3. The minimum atomic E-state index is -4.47. The third kappa shape index (κ3) is 1.49. The molecule has 0 aliphatic heterocycles. The first kappa shape index (κ1) is 11.1. The number of nitrogens with zero attached hydrogens (tertiary/aromatic N) is 1. The summed E-state index contributed by atoms with van der Waals surface area (Å²) in [7, 11) is -4.47. The Bertz CT molecular complexity index is 675. The highest BCUT2D eigenvalue weighted by Crippen LogP contribution is 2.39. The van der Waals surface area contributed by atoms with Crippen molar-refractivity contribution in [3.8, 4) is 11.5 Å². The fraction of sp³-hybridized carbons (Fsp3) is 0. The summed E-state index contributed by atoms with van der Waals surface area (Å²) in [5, 5.41) is 18.6. The summed E-state index contributed by atoms with van der Waals surface area (Å²) in [5.74, 6) is -1.11. The SMILES string of the molecule is O=S(=O)(O)n1ccc2c(Cl)c(O)c(O)cc21. The normalized spacial score (nSPS) is 12.1. The Morgan fingerprint density at radius 1 is 1.31 bits per heavy atom. The van der Waals surface area contributed by atoms with Gasteiger partial charge in [-0.25, -0.2) is 3.97 Å². The van der Waals surface area contributed by atoms with Gasteiger partial charge in [0, 0.05) is 17.6 Å². The highest BCUT2D eigenvalue weighted by atomic mass is 35.5. The summed E-state index contributed by atoms with van der Waals surface area (Å²) >= 11 is 5.69. The van der Waals surface area contributed by atoms with Gasteiger partial charge in [-0.1, -0.05) is 11.6 Å². The van der Waals surface area contributed by atoms with E-state index >= 15 is 0 Å². The molecule has 0 fully saturated rings. The zero-order valence-electron chi connectivity index (χ0n) is 7.62. The van der Waals surface area contributed by atoms with Gasteiger partial charge in [-0.2, -0.15) is 8.42 Å². The van der Waals surface area contributed by atoms with Gasteiger partial charge in [0.1, 0.15) is 0 Å². The van der Waals surface area contributed by atoms with E-state index in [0.29, 0.717) is 3.97 Å². The van der Waals surface area contributed by atoms with Crippen LogP contribution in [0, 0.1) is 0 Å². The molecule has 16 heavy (non-hydrogen) atoms. The Kier molecular flexibility index (Phi) is 2.26. The second-order valence-corrected chi connectivity index (χ2v) is 4.75. The molecule has 6 nitrogen and oxygen atoms in total. The Hall–Kier alpha value is -1.44. The largest absolute Gasteiger partial charge is 0.504 e. The molecule has 0 saturated carbocycles. The maximum Gasteiger partial charge on any atom is 0.363 e. The number of rotatable bonds is 1. The van der Waals surface area contributed by atoms with Crippen LogP contribution in [0.1, 0.15) is 0 Å². The van der Waals surface area contributed by atoms with Crippen LogP contribution >= 0.6 is 11.6 Å². The van der Waals surface area contributed by atoms with E-state index in [0.717, 1.165) is 12.3 Å². The highest BCUT2D eigenvalue weighted by molar-refractivity contribution is 7.84. The van der Waals surface area contributed by atoms with Crippen LogP contribution in [0.25, 0.3) is 10.9 Å². The van der Waals surface area contributed by atoms with E-state index in [1.165, 1.54) is 6.07 Å². The van der Waals surface area contributed by atoms with Crippen LogP contribution in [0.2, 0.25) is 5.02 Å². The molecule has 1 heterocycles. The third-order valence-electron chi connectivity index (χ3n) is 2.10. The number of halogens is 1. The quantitative estimate of drug-likeness (QED) is 0.533. The summed E-state index contributed by atoms with van der Waals surface area (Å²) in [6, 6.07) is 2.29. The van der Waals surface area contributed by atoms with Crippen LogP contribution in [-0.4, -0.2) is 27.2 Å². The smallest absolute Gasteiger partial charge is 0.363 e. The van der Waals surface area contributed by atoms with Gasteiger partial charge >= 0.3 is 10.3 Å². The van der Waals surface area contributed by atoms with Crippen molar-refractivity contribution in [2.75, 3.05) is 0 Å². The van der Waals surface area contributed by atoms with Crippen molar-refractivity contribution in [2.45, 2.75) is 0 Å². The van der Waals surface area contributed by atoms with Crippen molar-refractivity contribution in [2.24, 2.45) is 0 Å². The molecular formula is C8H6ClNO5S. The van der Waals surface area contributed by atoms with Crippen molar-refractivity contribution in [3.63, 3.8) is 0 Å². The minimum absolute atomic E-state index is 0.0252. The summed E-state index contributed by atoms with van der Waals surface area (Å²) in [6.45, 7) is 0. The monoisotopic (exact) mass is 263 g/mol. The summed E-state index contributed by atoms with van der Waals surface area (Å²) in [6.07, 6.45) is 1.06. The number of benzene rings is 1. The molecule has 0 bridgehead atoms. The van der Waals surface area contributed by atoms with E-state index < -0.39 is 21.8 Å². The molecule has 1 aromatic heterocycles. The van der Waals surface area contributed by atoms with Crippen LogP contribution in [0.15, 0.2) is 18.3 Å². The molecule has 0 unspecified atom stereocenters. The Morgan fingerprint density at radius 3 is 2.50 bits per heavy atom. The Morgan fingerprint density at radius 2 is 1.94 bits per heavy atom. The van der Waals surface area contributed by atoms with E-state index in [1.54, 1.807) is 0 Å². The summed E-state index contributed by atoms with van der Waals surface area (Å²) < 4.78 is 31.3. The van der Waals surface area contributed by atoms with Gasteiger partial charge in [0.05, 0.1) is 10.5 Å². The standard InChI is InChI=1S/C8H6ClNO5S/c9-7-4-1-2-10(16(13,14)15)5(4)3-6(11)8(7)12/h1-3,11-12H,(H,13,14,15). The van der Waals surface area contributed by atoms with E-state index in [1.807, 2.05) is 0 Å². The molecule has 3 N–H and O–H groups in total. The number of aromatic hydroxyl groups is 2. The molecule has 0 atom stereocenters. The topological polar surface area (TPSA) is 99.8 Å². The van der Waals surface area contributed by atoms with Crippen molar-refractivity contribution >= 4 is 32.8 Å². The fourth-order valence-corrected chi connectivity index (χ4v) is 2.26. The Balaban J connectivity index is 2.95. The molecule has 0 amide bonds. The van der Waals surface area contributed by atoms with Gasteiger partial charge in [-0.05, 0) is 6.07 Å². The predicted molar refractivity (Wildman–Crippen MR) is 57.2 cm³/mol.